The Morgan fingerprint density at radius 2 is 1.35 bits per heavy atom. The molecule has 0 aliphatic carbocycles. The van der Waals surface area contributed by atoms with Crippen LogP contribution < -0.4 is 0 Å². The summed E-state index contributed by atoms with van der Waals surface area (Å²) < 4.78 is 19.2. The highest BCUT2D eigenvalue weighted by molar-refractivity contribution is 7.47. The van der Waals surface area contributed by atoms with Crippen molar-refractivity contribution in [2.45, 2.75) is 13.8 Å². The smallest absolute Gasteiger partial charge is 0.472 e. The van der Waals surface area contributed by atoms with Gasteiger partial charge in [-0.3, -0.25) is 9.05 Å². The van der Waals surface area contributed by atoms with Crippen molar-refractivity contribution >= 4 is 19.8 Å². The van der Waals surface area contributed by atoms with Crippen LogP contribution in [0.15, 0.2) is 12.2 Å². The summed E-state index contributed by atoms with van der Waals surface area (Å²) in [4.78, 5) is 27.7. The Labute approximate surface area is 98.1 Å². The number of hydrogen-bond acceptors (Lipinski definition) is 5. The van der Waals surface area contributed by atoms with Crippen molar-refractivity contribution in [1.82, 2.24) is 0 Å². The van der Waals surface area contributed by atoms with Gasteiger partial charge in [-0.1, -0.05) is 0 Å². The van der Waals surface area contributed by atoms with E-state index in [0.29, 0.717) is 12.2 Å². The van der Waals surface area contributed by atoms with E-state index in [0.717, 1.165) is 0 Å². The number of phosphoric ester groups is 1. The molecule has 0 unspecified atom stereocenters. The van der Waals surface area contributed by atoms with Crippen molar-refractivity contribution < 1.29 is 38.3 Å². The standard InChI is InChI=1S/C4H11O4P.C4H4O4/c1-3-7-9(5,6)8-4-2;5-3(6)1-2-4(7)8/h3-4H2,1-2H3,(H,5,6);1-2H,(H,5,6)(H,7,8). The van der Waals surface area contributed by atoms with Gasteiger partial charge in [-0.25, -0.2) is 14.2 Å². The zero-order valence-corrected chi connectivity index (χ0v) is 10.3. The van der Waals surface area contributed by atoms with Gasteiger partial charge in [0.1, 0.15) is 0 Å². The second kappa shape index (κ2) is 9.98. The van der Waals surface area contributed by atoms with Crippen LogP contribution in [0.5, 0.6) is 0 Å². The van der Waals surface area contributed by atoms with Crippen LogP contribution in [0.1, 0.15) is 13.8 Å². The second-order valence-electron chi connectivity index (χ2n) is 2.31. The van der Waals surface area contributed by atoms with E-state index >= 15 is 0 Å². The minimum atomic E-state index is -3.69. The highest BCUT2D eigenvalue weighted by Crippen LogP contribution is 2.42. The molecule has 0 saturated carbocycles. The molecule has 100 valence electrons. The molecule has 9 heteroatoms. The molecular formula is C8H15O8P. The third kappa shape index (κ3) is 17.4. The number of aliphatic carboxylic acids is 2. The maximum absolute atomic E-state index is 10.5. The number of rotatable bonds is 6. The summed E-state index contributed by atoms with van der Waals surface area (Å²) in [6, 6.07) is 0. The van der Waals surface area contributed by atoms with E-state index in [1.807, 2.05) is 0 Å². The molecule has 0 aliphatic rings. The summed E-state index contributed by atoms with van der Waals surface area (Å²) in [5, 5.41) is 15.6. The van der Waals surface area contributed by atoms with Crippen LogP contribution in [0.4, 0.5) is 0 Å². The molecule has 0 amide bonds. The predicted octanol–water partition coefficient (Wildman–Crippen LogP) is 0.872. The summed E-state index contributed by atoms with van der Waals surface area (Å²) in [5.41, 5.74) is 0. The number of carboxylic acids is 2. The third-order valence-electron chi connectivity index (χ3n) is 0.953. The molecule has 0 spiro atoms. The lowest BCUT2D eigenvalue weighted by Gasteiger charge is -2.07. The molecule has 0 aromatic rings. The summed E-state index contributed by atoms with van der Waals surface area (Å²) >= 11 is 0. The summed E-state index contributed by atoms with van der Waals surface area (Å²) in [6.45, 7) is 3.63. The van der Waals surface area contributed by atoms with Crippen molar-refractivity contribution in [2.24, 2.45) is 0 Å². The van der Waals surface area contributed by atoms with E-state index < -0.39 is 19.8 Å². The Bertz CT molecular complexity index is 285. The minimum Gasteiger partial charge on any atom is -0.478 e. The lowest BCUT2D eigenvalue weighted by atomic mass is 10.5. The molecule has 0 saturated heterocycles. The Hall–Kier alpha value is -1.21. The Kier molecular flexibility index (Phi) is 10.7. The van der Waals surface area contributed by atoms with Gasteiger partial charge in [-0.2, -0.15) is 0 Å². The van der Waals surface area contributed by atoms with Gasteiger partial charge in [-0.15, -0.1) is 0 Å². The van der Waals surface area contributed by atoms with Crippen LogP contribution in [0.25, 0.3) is 0 Å². The largest absolute Gasteiger partial charge is 0.478 e. The first-order valence-electron chi connectivity index (χ1n) is 4.51. The number of carbonyl (C=O) groups is 2. The monoisotopic (exact) mass is 270 g/mol. The SMILES string of the molecule is CCOP(=O)(O)OCC.O=C(O)C=CC(=O)O. The van der Waals surface area contributed by atoms with Gasteiger partial charge >= 0.3 is 19.8 Å². The molecule has 0 radical (unpaired) electrons. The van der Waals surface area contributed by atoms with Crippen LogP contribution >= 0.6 is 7.82 Å². The van der Waals surface area contributed by atoms with Gasteiger partial charge in [0.25, 0.3) is 0 Å². The molecule has 0 fully saturated rings. The average molecular weight is 270 g/mol. The van der Waals surface area contributed by atoms with Gasteiger partial charge in [0, 0.05) is 12.2 Å². The van der Waals surface area contributed by atoms with Gasteiger partial charge < -0.3 is 15.1 Å². The maximum Gasteiger partial charge on any atom is 0.472 e. The fraction of sp³-hybridized carbons (Fsp3) is 0.500. The molecule has 0 aromatic heterocycles. The van der Waals surface area contributed by atoms with Crippen LogP contribution in [-0.4, -0.2) is 40.3 Å². The van der Waals surface area contributed by atoms with Gasteiger partial charge in [0.15, 0.2) is 0 Å². The Balaban J connectivity index is 0. The number of hydrogen-bond donors (Lipinski definition) is 3. The van der Waals surface area contributed by atoms with E-state index in [4.69, 9.17) is 15.1 Å². The van der Waals surface area contributed by atoms with Crippen LogP contribution in [-0.2, 0) is 23.2 Å². The Morgan fingerprint density at radius 3 is 1.53 bits per heavy atom. The van der Waals surface area contributed by atoms with E-state index in [1.165, 1.54) is 0 Å². The molecule has 0 bridgehead atoms. The normalized spacial score (nSPS) is 10.8. The van der Waals surface area contributed by atoms with E-state index in [-0.39, 0.29) is 13.2 Å². The van der Waals surface area contributed by atoms with E-state index in [9.17, 15) is 14.2 Å². The van der Waals surface area contributed by atoms with Gasteiger partial charge in [0.2, 0.25) is 0 Å². The maximum atomic E-state index is 10.5. The fourth-order valence-corrected chi connectivity index (χ4v) is 1.23. The summed E-state index contributed by atoms with van der Waals surface area (Å²) in [5.74, 6) is -2.51. The van der Waals surface area contributed by atoms with Crippen LogP contribution in [0.3, 0.4) is 0 Å². The van der Waals surface area contributed by atoms with E-state index in [1.54, 1.807) is 13.8 Å². The minimum absolute atomic E-state index is 0.188. The lowest BCUT2D eigenvalue weighted by molar-refractivity contribution is -0.134. The van der Waals surface area contributed by atoms with Crippen molar-refractivity contribution in [1.29, 1.82) is 0 Å². The second-order valence-corrected chi connectivity index (χ2v) is 3.77. The zero-order chi connectivity index (χ0) is 13.9. The van der Waals surface area contributed by atoms with Gasteiger partial charge in [-0.05, 0) is 13.8 Å². The fourth-order valence-electron chi connectivity index (χ4n) is 0.506. The first kappa shape index (κ1) is 18.2. The molecule has 17 heavy (non-hydrogen) atoms. The number of carboxylic acid groups (broad SMARTS) is 2. The zero-order valence-electron chi connectivity index (χ0n) is 9.40. The van der Waals surface area contributed by atoms with Gasteiger partial charge in [0.05, 0.1) is 13.2 Å². The molecule has 0 rings (SSSR count). The highest BCUT2D eigenvalue weighted by atomic mass is 31.2. The Morgan fingerprint density at radius 1 is 1.06 bits per heavy atom. The first-order valence-corrected chi connectivity index (χ1v) is 6.00. The van der Waals surface area contributed by atoms with Crippen LogP contribution in [0.2, 0.25) is 0 Å². The molecule has 0 atom stereocenters. The first-order chi connectivity index (χ1) is 7.75. The molecule has 3 N–H and O–H groups in total. The van der Waals surface area contributed by atoms with E-state index in [2.05, 4.69) is 9.05 Å². The van der Waals surface area contributed by atoms with Crippen molar-refractivity contribution in [2.75, 3.05) is 13.2 Å². The topological polar surface area (TPSA) is 130 Å². The quantitative estimate of drug-likeness (QED) is 0.478. The predicted molar refractivity (Wildman–Crippen MR) is 57.5 cm³/mol. The molecular weight excluding hydrogens is 255 g/mol. The lowest BCUT2D eigenvalue weighted by Crippen LogP contribution is -1.93. The van der Waals surface area contributed by atoms with Crippen molar-refractivity contribution in [3.05, 3.63) is 12.2 Å². The molecule has 0 heterocycles. The van der Waals surface area contributed by atoms with Crippen molar-refractivity contribution in [3.63, 3.8) is 0 Å². The summed E-state index contributed by atoms with van der Waals surface area (Å²) in [6.07, 6.45) is 1.12. The molecule has 0 aliphatic heterocycles. The average Bonchev–Trinajstić information content (AvgIpc) is 2.15. The molecule has 8 nitrogen and oxygen atoms in total. The number of phosphoric acid groups is 1. The summed E-state index contributed by atoms with van der Waals surface area (Å²) in [7, 11) is -3.69. The molecule has 0 aromatic carbocycles. The van der Waals surface area contributed by atoms with Crippen LogP contribution in [0, 0.1) is 0 Å². The van der Waals surface area contributed by atoms with Crippen molar-refractivity contribution in [3.8, 4) is 0 Å². The third-order valence-corrected chi connectivity index (χ3v) is 2.12. The highest BCUT2D eigenvalue weighted by Gasteiger charge is 2.17.